The lowest BCUT2D eigenvalue weighted by Gasteiger charge is -2.14. The first-order valence-corrected chi connectivity index (χ1v) is 12.8. The number of amides is 2. The molecule has 3 aromatic carbocycles. The highest BCUT2D eigenvalue weighted by Gasteiger charge is 2.12. The van der Waals surface area contributed by atoms with Crippen molar-refractivity contribution in [1.29, 1.82) is 0 Å². The maximum Gasteiger partial charge on any atom is 0.305 e. The molecule has 0 aliphatic heterocycles. The number of carbonyl (C=O) groups is 3. The first-order chi connectivity index (χ1) is 18.4. The lowest BCUT2D eigenvalue weighted by atomic mass is 10.1. The van der Waals surface area contributed by atoms with Gasteiger partial charge in [-0.15, -0.1) is 0 Å². The van der Waals surface area contributed by atoms with Crippen molar-refractivity contribution in [3.05, 3.63) is 89.0 Å². The Morgan fingerprint density at radius 1 is 0.895 bits per heavy atom. The quantitative estimate of drug-likeness (QED) is 0.162. The molecule has 0 aliphatic rings. The van der Waals surface area contributed by atoms with E-state index in [0.717, 1.165) is 30.4 Å². The van der Waals surface area contributed by atoms with E-state index in [-0.39, 0.29) is 17.8 Å². The van der Waals surface area contributed by atoms with Crippen LogP contribution in [0.3, 0.4) is 0 Å². The van der Waals surface area contributed by atoms with Crippen molar-refractivity contribution in [3.8, 4) is 5.75 Å². The number of anilines is 2. The number of nitrogens with one attached hydrogen (secondary N) is 2. The molecule has 2 amide bonds. The third-order valence-electron chi connectivity index (χ3n) is 5.85. The fraction of sp³-hybridized carbons (Fsp3) is 0.300. The number of ether oxygens (including phenoxy) is 2. The summed E-state index contributed by atoms with van der Waals surface area (Å²) in [6.45, 7) is 4.94. The molecule has 0 fully saturated rings. The number of rotatable bonds is 13. The summed E-state index contributed by atoms with van der Waals surface area (Å²) < 4.78 is 10.9. The molecule has 200 valence electrons. The van der Waals surface area contributed by atoms with Gasteiger partial charge in [-0.25, -0.2) is 0 Å². The third kappa shape index (κ3) is 8.65. The number of nitrogens with two attached hydrogens (primary N) is 1. The number of hydrogen-bond acceptors (Lipinski definition) is 6. The van der Waals surface area contributed by atoms with Gasteiger partial charge in [-0.2, -0.15) is 0 Å². The molecule has 3 rings (SSSR count). The summed E-state index contributed by atoms with van der Waals surface area (Å²) in [6.07, 6.45) is 2.79. The summed E-state index contributed by atoms with van der Waals surface area (Å²) in [5.74, 6) is -0.0906. The van der Waals surface area contributed by atoms with Crippen LogP contribution in [0.4, 0.5) is 11.4 Å². The Morgan fingerprint density at radius 2 is 1.66 bits per heavy atom. The predicted molar refractivity (Wildman–Crippen MR) is 148 cm³/mol. The molecule has 0 bridgehead atoms. The first kappa shape index (κ1) is 28.2. The standard InChI is InChI=1S/C30H35N3O5/c1-3-37-28(34)11-5-4-8-18-38-27-19-21(2)12-17-26(27)33-29(35)23-15-13-22(14-16-23)20-32-30(36)24-9-6-7-10-25(24)31/h6-7,9-10,12-17,19H,3-5,8,11,18,20,31H2,1-2H3,(H,32,36)(H,33,35). The fourth-order valence-corrected chi connectivity index (χ4v) is 3.77. The molecule has 0 saturated heterocycles. The van der Waals surface area contributed by atoms with Crippen LogP contribution in [0.1, 0.15) is 64.4 Å². The van der Waals surface area contributed by atoms with Crippen LogP contribution >= 0.6 is 0 Å². The lowest BCUT2D eigenvalue weighted by molar-refractivity contribution is -0.143. The zero-order valence-electron chi connectivity index (χ0n) is 21.9. The molecular weight excluding hydrogens is 482 g/mol. The van der Waals surface area contributed by atoms with Crippen LogP contribution in [-0.4, -0.2) is 31.0 Å². The highest BCUT2D eigenvalue weighted by Crippen LogP contribution is 2.27. The van der Waals surface area contributed by atoms with E-state index in [1.807, 2.05) is 25.1 Å². The van der Waals surface area contributed by atoms with Crippen LogP contribution in [-0.2, 0) is 16.1 Å². The van der Waals surface area contributed by atoms with E-state index >= 15 is 0 Å². The number of unbranched alkanes of at least 4 members (excludes halogenated alkanes) is 2. The Kier molecular flexibility index (Phi) is 10.7. The van der Waals surface area contributed by atoms with Crippen molar-refractivity contribution in [2.45, 2.75) is 46.1 Å². The molecule has 0 aromatic heterocycles. The second-order valence-electron chi connectivity index (χ2n) is 8.88. The van der Waals surface area contributed by atoms with Gasteiger partial charge in [-0.05, 0) is 80.6 Å². The molecular formula is C30H35N3O5. The monoisotopic (exact) mass is 517 g/mol. The number of hydrogen-bond donors (Lipinski definition) is 3. The van der Waals surface area contributed by atoms with Crippen molar-refractivity contribution < 1.29 is 23.9 Å². The second-order valence-corrected chi connectivity index (χ2v) is 8.88. The number of benzene rings is 3. The summed E-state index contributed by atoms with van der Waals surface area (Å²) in [5.41, 5.74) is 9.65. The molecule has 0 unspecified atom stereocenters. The number of aryl methyl sites for hydroxylation is 1. The van der Waals surface area contributed by atoms with E-state index in [9.17, 15) is 14.4 Å². The van der Waals surface area contributed by atoms with E-state index in [2.05, 4.69) is 10.6 Å². The Hall–Kier alpha value is -4.33. The highest BCUT2D eigenvalue weighted by molar-refractivity contribution is 6.05. The zero-order valence-corrected chi connectivity index (χ0v) is 21.9. The molecule has 8 heteroatoms. The van der Waals surface area contributed by atoms with Crippen molar-refractivity contribution in [2.75, 3.05) is 24.3 Å². The van der Waals surface area contributed by atoms with Crippen LogP contribution in [0.15, 0.2) is 66.7 Å². The molecule has 0 aliphatic carbocycles. The van der Waals surface area contributed by atoms with E-state index < -0.39 is 0 Å². The third-order valence-corrected chi connectivity index (χ3v) is 5.85. The van der Waals surface area contributed by atoms with Gasteiger partial charge in [0.1, 0.15) is 5.75 Å². The average molecular weight is 518 g/mol. The van der Waals surface area contributed by atoms with Crippen molar-refractivity contribution in [3.63, 3.8) is 0 Å². The van der Waals surface area contributed by atoms with Crippen LogP contribution in [0.25, 0.3) is 0 Å². The highest BCUT2D eigenvalue weighted by atomic mass is 16.5. The van der Waals surface area contributed by atoms with Gasteiger partial charge in [0.25, 0.3) is 11.8 Å². The SMILES string of the molecule is CCOC(=O)CCCCCOc1cc(C)ccc1NC(=O)c1ccc(CNC(=O)c2ccccc2N)cc1. The van der Waals surface area contributed by atoms with E-state index in [0.29, 0.717) is 54.4 Å². The van der Waals surface area contributed by atoms with Gasteiger partial charge >= 0.3 is 5.97 Å². The number of nitrogen functional groups attached to an aromatic ring is 1. The van der Waals surface area contributed by atoms with Gasteiger partial charge < -0.3 is 25.8 Å². The van der Waals surface area contributed by atoms with Crippen molar-refractivity contribution in [2.24, 2.45) is 0 Å². The van der Waals surface area contributed by atoms with Crippen LogP contribution in [0, 0.1) is 6.92 Å². The smallest absolute Gasteiger partial charge is 0.305 e. The average Bonchev–Trinajstić information content (AvgIpc) is 2.91. The van der Waals surface area contributed by atoms with Gasteiger partial charge in [0.2, 0.25) is 0 Å². The van der Waals surface area contributed by atoms with Crippen LogP contribution in [0.5, 0.6) is 5.75 Å². The zero-order chi connectivity index (χ0) is 27.3. The maximum absolute atomic E-state index is 12.9. The van der Waals surface area contributed by atoms with E-state index in [1.165, 1.54) is 0 Å². The summed E-state index contributed by atoms with van der Waals surface area (Å²) in [6, 6.07) is 19.5. The first-order valence-electron chi connectivity index (χ1n) is 12.8. The van der Waals surface area contributed by atoms with Gasteiger partial charge in [-0.3, -0.25) is 14.4 Å². The van der Waals surface area contributed by atoms with Crippen molar-refractivity contribution in [1.82, 2.24) is 5.32 Å². The Labute approximate surface area is 223 Å². The Balaban J connectivity index is 1.50. The molecule has 38 heavy (non-hydrogen) atoms. The lowest BCUT2D eigenvalue weighted by Crippen LogP contribution is -2.23. The second kappa shape index (κ2) is 14.4. The molecule has 0 radical (unpaired) electrons. The fourth-order valence-electron chi connectivity index (χ4n) is 3.77. The van der Waals surface area contributed by atoms with E-state index in [1.54, 1.807) is 55.5 Å². The molecule has 3 aromatic rings. The van der Waals surface area contributed by atoms with Crippen LogP contribution in [0.2, 0.25) is 0 Å². The largest absolute Gasteiger partial charge is 0.491 e. The van der Waals surface area contributed by atoms with Gasteiger partial charge in [0.15, 0.2) is 0 Å². The minimum atomic E-state index is -0.263. The van der Waals surface area contributed by atoms with Crippen LogP contribution < -0.4 is 21.1 Å². The topological polar surface area (TPSA) is 120 Å². The Bertz CT molecular complexity index is 1240. The normalized spacial score (nSPS) is 10.5. The Morgan fingerprint density at radius 3 is 2.39 bits per heavy atom. The number of para-hydroxylation sites is 1. The molecule has 0 saturated carbocycles. The minimum Gasteiger partial charge on any atom is -0.491 e. The minimum absolute atomic E-state index is 0.174. The summed E-state index contributed by atoms with van der Waals surface area (Å²) in [7, 11) is 0. The predicted octanol–water partition coefficient (Wildman–Crippen LogP) is 5.26. The summed E-state index contributed by atoms with van der Waals surface area (Å²) in [4.78, 5) is 36.7. The molecule has 0 atom stereocenters. The molecule has 0 spiro atoms. The summed E-state index contributed by atoms with van der Waals surface area (Å²) in [5, 5.41) is 5.77. The van der Waals surface area contributed by atoms with Gasteiger partial charge in [0, 0.05) is 24.2 Å². The van der Waals surface area contributed by atoms with E-state index in [4.69, 9.17) is 15.2 Å². The molecule has 4 N–H and O–H groups in total. The molecule has 0 heterocycles. The van der Waals surface area contributed by atoms with Crippen molar-refractivity contribution >= 4 is 29.2 Å². The molecule has 8 nitrogen and oxygen atoms in total. The number of carbonyl (C=O) groups excluding carboxylic acids is 3. The maximum atomic E-state index is 12.9. The van der Waals surface area contributed by atoms with Gasteiger partial charge in [-0.1, -0.05) is 30.3 Å². The van der Waals surface area contributed by atoms with Gasteiger partial charge in [0.05, 0.1) is 24.5 Å². The summed E-state index contributed by atoms with van der Waals surface area (Å²) >= 11 is 0. The number of esters is 1.